The molecule has 16 N–H and O–H groups in total. The quantitative estimate of drug-likeness (QED) is 0.0645. The summed E-state index contributed by atoms with van der Waals surface area (Å²) in [6.45, 7) is 19.3. The van der Waals surface area contributed by atoms with Gasteiger partial charge in [0.1, 0.15) is 42.0 Å². The Hall–Kier alpha value is -11.1. The number of aromatic amines is 10. The molecule has 3 fully saturated rings. The van der Waals surface area contributed by atoms with Crippen LogP contribution in [0.4, 0.5) is 14.4 Å². The molecule has 0 aliphatic carbocycles. The average Bonchev–Trinajstić information content (AvgIpc) is 4.31. The summed E-state index contributed by atoms with van der Waals surface area (Å²) in [7, 11) is 1.57. The number of urea groups is 2. The first kappa shape index (κ1) is 72.9. The van der Waals surface area contributed by atoms with Gasteiger partial charge < -0.3 is 44.4 Å². The van der Waals surface area contributed by atoms with Gasteiger partial charge in [0.05, 0.1) is 17.1 Å². The van der Waals surface area contributed by atoms with Gasteiger partial charge in [-0.2, -0.15) is 19.8 Å². The molecule has 12 heterocycles. The van der Waals surface area contributed by atoms with E-state index in [1.54, 1.807) is 68.6 Å². The van der Waals surface area contributed by atoms with Crippen molar-refractivity contribution in [1.29, 1.82) is 0 Å². The van der Waals surface area contributed by atoms with Gasteiger partial charge in [-0.3, -0.25) is 79.0 Å². The van der Waals surface area contributed by atoms with Crippen LogP contribution in [-0.4, -0.2) is 167 Å². The van der Waals surface area contributed by atoms with Crippen LogP contribution in [0.2, 0.25) is 0 Å². The van der Waals surface area contributed by atoms with E-state index in [2.05, 4.69) is 121 Å². The van der Waals surface area contributed by atoms with Crippen molar-refractivity contribution in [3.63, 3.8) is 0 Å². The van der Waals surface area contributed by atoms with Gasteiger partial charge in [-0.1, -0.05) is 17.0 Å². The average molecular weight is 1250 g/mol. The fourth-order valence-corrected chi connectivity index (χ4v) is 5.89. The lowest BCUT2D eigenvalue weighted by Crippen LogP contribution is -2.24. The van der Waals surface area contributed by atoms with E-state index in [9.17, 15) is 62.3 Å². The number of amides is 10. The lowest BCUT2D eigenvalue weighted by atomic mass is 10.3. The van der Waals surface area contributed by atoms with E-state index in [-0.39, 0.29) is 92.5 Å². The van der Waals surface area contributed by atoms with E-state index in [1.807, 2.05) is 20.8 Å². The van der Waals surface area contributed by atoms with E-state index in [0.29, 0.717) is 22.9 Å². The topological polar surface area (TPSA) is 580 Å². The second-order valence-electron chi connectivity index (χ2n) is 16.7. The SMILES string of the molecule is CC1=CC(=O)NC1=O.CC1NC(=O)NC1=O.CC1SC(=O)NC1=O.CN1CC(=O)NC1=O.Cc1c[nH]c(=O)[nH]1.Cc1cc(=O)[nH][nH]1.Cc1cc(=O)[nH]o1.Cc1cc(=O)o[nH]1.Cc1ncc(O)[nH]1.Cc1ncn[nH]1.Cc1nn[nH]n1.Cc1ns[nH]c1=O. The molecule has 0 spiro atoms. The fraction of sp³-hybridized carbons (Fsp3) is 0.333. The summed E-state index contributed by atoms with van der Waals surface area (Å²) in [6, 6.07) is 3.21. The number of hydrogen-bond acceptors (Lipinski definition) is 25. The molecule has 4 aliphatic heterocycles. The van der Waals surface area contributed by atoms with Gasteiger partial charge in [0.25, 0.3) is 33.7 Å². The zero-order valence-electron chi connectivity index (χ0n) is 47.9. The highest BCUT2D eigenvalue weighted by molar-refractivity contribution is 8.15. The second kappa shape index (κ2) is 38.6. The van der Waals surface area contributed by atoms with Crippen molar-refractivity contribution < 1.29 is 52.5 Å². The molecular formula is C45H63N23O16S2. The molecule has 2 unspecified atom stereocenters. The molecule has 8 aromatic rings. The first-order chi connectivity index (χ1) is 40.3. The van der Waals surface area contributed by atoms with Crippen molar-refractivity contribution in [1.82, 2.24) is 116 Å². The maximum absolute atomic E-state index is 10.4. The number of H-pyrrole nitrogens is 10. The summed E-state index contributed by atoms with van der Waals surface area (Å²) in [6.07, 6.45) is 5.76. The molecule has 0 bridgehead atoms. The Labute approximate surface area is 491 Å². The summed E-state index contributed by atoms with van der Waals surface area (Å²) in [5.41, 5.74) is 2.72. The summed E-state index contributed by atoms with van der Waals surface area (Å²) in [5.74, 6) is 1.75. The number of thioether (sulfide) groups is 1. The minimum absolute atomic E-state index is 0.0718. The van der Waals surface area contributed by atoms with Crippen LogP contribution in [0.3, 0.4) is 0 Å². The van der Waals surface area contributed by atoms with Crippen molar-refractivity contribution in [2.75, 3.05) is 13.6 Å². The highest BCUT2D eigenvalue weighted by Crippen LogP contribution is 2.17. The van der Waals surface area contributed by atoms with Crippen LogP contribution >= 0.6 is 23.5 Å². The number of imidazole rings is 2. The number of rotatable bonds is 0. The molecule has 12 rings (SSSR count). The Balaban J connectivity index is 0.000000470. The Kier molecular flexibility index (Phi) is 32.7. The Morgan fingerprint density at radius 1 is 0.721 bits per heavy atom. The lowest BCUT2D eigenvalue weighted by Gasteiger charge is -1.99. The summed E-state index contributed by atoms with van der Waals surface area (Å²) in [5, 5.41) is 47.4. The minimum atomic E-state index is -0.400. The zero-order valence-corrected chi connectivity index (χ0v) is 49.5. The molecule has 8 aromatic heterocycles. The van der Waals surface area contributed by atoms with Crippen LogP contribution in [0.1, 0.15) is 66.8 Å². The molecule has 39 nitrogen and oxygen atoms in total. The number of likely N-dealkylation sites (N-methyl/N-ethyl adjacent to an activating group) is 1. The van der Waals surface area contributed by atoms with Gasteiger partial charge >= 0.3 is 23.4 Å². The molecule has 10 amide bonds. The van der Waals surface area contributed by atoms with Crippen LogP contribution < -0.4 is 54.6 Å². The fourth-order valence-electron chi connectivity index (χ4n) is 4.74. The molecule has 0 radical (unpaired) electrons. The number of carbonyl (C=O) groups is 8. The van der Waals surface area contributed by atoms with E-state index >= 15 is 0 Å². The number of aromatic hydroxyl groups is 1. The lowest BCUT2D eigenvalue weighted by molar-refractivity contribution is -0.124. The zero-order chi connectivity index (χ0) is 65.1. The Morgan fingerprint density at radius 3 is 1.56 bits per heavy atom. The molecule has 2 atom stereocenters. The van der Waals surface area contributed by atoms with E-state index in [4.69, 9.17) is 5.11 Å². The maximum Gasteiger partial charge on any atom is 0.357 e. The summed E-state index contributed by atoms with van der Waals surface area (Å²) >= 11 is 2.11. The third-order valence-corrected chi connectivity index (χ3v) is 10.4. The second-order valence-corrected chi connectivity index (χ2v) is 18.6. The van der Waals surface area contributed by atoms with Crippen LogP contribution in [0.15, 0.2) is 81.6 Å². The van der Waals surface area contributed by atoms with Crippen molar-refractivity contribution in [3.8, 4) is 5.88 Å². The number of hydrogen-bond donors (Lipinski definition) is 16. The van der Waals surface area contributed by atoms with Crippen molar-refractivity contribution in [2.24, 2.45) is 0 Å². The number of tetrazole rings is 1. The van der Waals surface area contributed by atoms with E-state index in [0.717, 1.165) is 52.2 Å². The monoisotopic (exact) mass is 1250 g/mol. The number of aromatic nitrogens is 17. The van der Waals surface area contributed by atoms with Gasteiger partial charge in [0, 0.05) is 66.2 Å². The van der Waals surface area contributed by atoms with Crippen LogP contribution in [-0.2, 0) is 24.0 Å². The van der Waals surface area contributed by atoms with Gasteiger partial charge in [0.2, 0.25) is 23.6 Å². The minimum Gasteiger partial charge on any atom is -0.493 e. The molecule has 86 heavy (non-hydrogen) atoms. The first-order valence-corrected chi connectivity index (χ1v) is 25.7. The number of carbonyl (C=O) groups excluding carboxylic acids is 8. The predicted molar refractivity (Wildman–Crippen MR) is 303 cm³/mol. The molecule has 41 heteroatoms. The highest BCUT2D eigenvalue weighted by Gasteiger charge is 2.27. The van der Waals surface area contributed by atoms with Crippen LogP contribution in [0.25, 0.3) is 0 Å². The Morgan fingerprint density at radius 2 is 1.42 bits per heavy atom. The van der Waals surface area contributed by atoms with E-state index in [1.165, 1.54) is 41.7 Å². The van der Waals surface area contributed by atoms with Crippen molar-refractivity contribution in [3.05, 3.63) is 147 Å². The molecule has 0 saturated carbocycles. The maximum atomic E-state index is 10.4. The number of nitrogens with zero attached hydrogens (tertiary/aromatic N) is 8. The highest BCUT2D eigenvalue weighted by atomic mass is 32.2. The van der Waals surface area contributed by atoms with Crippen molar-refractivity contribution in [2.45, 2.75) is 87.5 Å². The molecular weight excluding hydrogens is 1180 g/mol. The van der Waals surface area contributed by atoms with Gasteiger partial charge in [0.15, 0.2) is 5.82 Å². The Bertz CT molecular complexity index is 3390. The number of imide groups is 4. The third kappa shape index (κ3) is 33.6. The number of nitrogens with one attached hydrogen (secondary N) is 15. The molecule has 4 aliphatic rings. The normalized spacial score (nSPS) is 14.5. The predicted octanol–water partition coefficient (Wildman–Crippen LogP) is -0.910. The number of aryl methyl sites for hydroxylation is 8. The van der Waals surface area contributed by atoms with E-state index < -0.39 is 6.03 Å². The standard InChI is InChI=1S/C5H5NO2.2C4H6N2O2.3C4H6N2O.C4H5NO2S.2C4H5NO2.C3H5N3.C3H4N2OS.C2H4N4/c1-3-2-4(7)6-5(3)8;1-6-2-3(7)5-4(6)8;1-2-3(7)6-4(8)5-2;1-3-5-2-4(7)6-3;1-3-2-5-4(7)6-3;1-3-2-4(7)6-5-3;1-2-3(6)5-4(7)8-2;1-3-2-4(6)5-7-3;1-3-2-4(6)7-5-3;1-3-4-2-5-6-3;1-2-3(6)5-7-4-2;1-2-3-5-6-4-2/h2H,1H3,(H,6,7,8);2H2,1H3,(H,5,7,8);2H,1H3,(H2,5,6,7,8);2,7H,1H3,(H,5,6);2*2H,1H3,(H2,5,6,7);2H,1H3,(H,5,6,7);2H,1H3,(H,5,6);2,5H,1H3;2H,1H3,(H,4,5,6);1H3,(H,5,6);1H3,(H,3,4,5,6). The molecule has 3 saturated heterocycles. The van der Waals surface area contributed by atoms with Gasteiger partial charge in [-0.15, -0.1) is 10.2 Å². The smallest absolute Gasteiger partial charge is 0.357 e. The first-order valence-electron chi connectivity index (χ1n) is 24.1. The largest absolute Gasteiger partial charge is 0.493 e. The summed E-state index contributed by atoms with van der Waals surface area (Å²) < 4.78 is 14.9. The van der Waals surface area contributed by atoms with Crippen LogP contribution in [0.5, 0.6) is 5.88 Å². The molecule has 466 valence electrons. The van der Waals surface area contributed by atoms with Crippen molar-refractivity contribution >= 4 is 70.3 Å². The van der Waals surface area contributed by atoms with Gasteiger partial charge in [-0.05, 0) is 76.2 Å². The van der Waals surface area contributed by atoms with Crippen LogP contribution in [0, 0.1) is 55.4 Å². The third-order valence-electron chi connectivity index (χ3n) is 8.85. The molecule has 0 aromatic carbocycles. The van der Waals surface area contributed by atoms with Gasteiger partial charge in [-0.25, -0.2) is 34.3 Å². The summed E-state index contributed by atoms with van der Waals surface area (Å²) in [4.78, 5) is 150.